The van der Waals surface area contributed by atoms with E-state index in [1.165, 1.54) is 39.2 Å². The highest BCUT2D eigenvalue weighted by Crippen LogP contribution is 2.27. The number of carbonyl (C=O) groups excluding carboxylic acids is 2. The number of rotatable bonds is 7. The quantitative estimate of drug-likeness (QED) is 0.781. The first-order valence-corrected chi connectivity index (χ1v) is 8.27. The van der Waals surface area contributed by atoms with E-state index in [1.807, 2.05) is 0 Å². The summed E-state index contributed by atoms with van der Waals surface area (Å²) >= 11 is 0. The van der Waals surface area contributed by atoms with Crippen LogP contribution in [0, 0.1) is 5.92 Å². The molecule has 1 aliphatic rings. The second-order valence-electron chi connectivity index (χ2n) is 5.98. The molecule has 1 aromatic rings. The lowest BCUT2D eigenvalue weighted by Gasteiger charge is -2.21. The molecule has 1 aliphatic carbocycles. The molecule has 0 unspecified atom stereocenters. The number of hydrogen-bond acceptors (Lipinski definition) is 4. The van der Waals surface area contributed by atoms with E-state index in [4.69, 9.17) is 4.74 Å². The number of esters is 1. The normalized spacial score (nSPS) is 15.0. The average molecular weight is 319 g/mol. The lowest BCUT2D eigenvalue weighted by Crippen LogP contribution is -2.15. The molecule has 1 amide bonds. The third-order valence-corrected chi connectivity index (χ3v) is 4.23. The summed E-state index contributed by atoms with van der Waals surface area (Å²) in [5, 5.41) is 2.90. The predicted molar refractivity (Wildman–Crippen MR) is 88.4 cm³/mol. The van der Waals surface area contributed by atoms with Crippen molar-refractivity contribution in [2.45, 2.75) is 44.9 Å². The van der Waals surface area contributed by atoms with Crippen LogP contribution in [0.5, 0.6) is 5.75 Å². The summed E-state index contributed by atoms with van der Waals surface area (Å²) in [7, 11) is 1.32. The van der Waals surface area contributed by atoms with Gasteiger partial charge in [0.05, 0.1) is 7.11 Å². The molecule has 0 radical (unpaired) electrons. The van der Waals surface area contributed by atoms with E-state index >= 15 is 0 Å². The van der Waals surface area contributed by atoms with Crippen molar-refractivity contribution in [3.8, 4) is 5.75 Å². The van der Waals surface area contributed by atoms with Crippen LogP contribution in [0.4, 0.5) is 5.69 Å². The summed E-state index contributed by atoms with van der Waals surface area (Å²) < 4.78 is 9.76. The Balaban J connectivity index is 1.71. The standard InChI is InChI=1S/C18H25NO4/c1-22-18(21)13-23-16-10-8-15(9-11-16)19-17(20)12-7-14-5-3-2-4-6-14/h8-11,14H,2-7,12-13H2,1H3,(H,19,20). The maximum absolute atomic E-state index is 12.0. The Hall–Kier alpha value is -2.04. The molecule has 1 N–H and O–H groups in total. The minimum Gasteiger partial charge on any atom is -0.482 e. The molecule has 0 saturated heterocycles. The van der Waals surface area contributed by atoms with E-state index in [0.29, 0.717) is 18.1 Å². The van der Waals surface area contributed by atoms with Crippen molar-refractivity contribution >= 4 is 17.6 Å². The highest BCUT2D eigenvalue weighted by molar-refractivity contribution is 5.90. The van der Waals surface area contributed by atoms with Gasteiger partial charge in [-0.05, 0) is 36.6 Å². The average Bonchev–Trinajstić information content (AvgIpc) is 2.60. The summed E-state index contributed by atoms with van der Waals surface area (Å²) in [5.74, 6) is 0.906. The van der Waals surface area contributed by atoms with E-state index in [2.05, 4.69) is 10.1 Å². The van der Waals surface area contributed by atoms with E-state index in [0.717, 1.165) is 12.1 Å². The minimum absolute atomic E-state index is 0.0544. The van der Waals surface area contributed by atoms with Crippen LogP contribution in [0.2, 0.25) is 0 Å². The van der Waals surface area contributed by atoms with Gasteiger partial charge in [0, 0.05) is 12.1 Å². The number of amides is 1. The first-order valence-electron chi connectivity index (χ1n) is 8.27. The number of anilines is 1. The summed E-state index contributed by atoms with van der Waals surface area (Å²) in [6.07, 6.45) is 8.03. The van der Waals surface area contributed by atoms with Gasteiger partial charge in [0.25, 0.3) is 0 Å². The molecule has 2 rings (SSSR count). The summed E-state index contributed by atoms with van der Waals surface area (Å²) in [6.45, 7) is -0.121. The van der Waals surface area contributed by atoms with E-state index in [1.54, 1.807) is 24.3 Å². The molecule has 5 heteroatoms. The van der Waals surface area contributed by atoms with Crippen molar-refractivity contribution in [1.82, 2.24) is 0 Å². The zero-order chi connectivity index (χ0) is 16.5. The van der Waals surface area contributed by atoms with Crippen molar-refractivity contribution in [2.75, 3.05) is 19.0 Å². The Labute approximate surface area is 137 Å². The largest absolute Gasteiger partial charge is 0.482 e. The number of ether oxygens (including phenoxy) is 2. The van der Waals surface area contributed by atoms with Gasteiger partial charge in [-0.2, -0.15) is 0 Å². The van der Waals surface area contributed by atoms with Crippen LogP contribution in [0.1, 0.15) is 44.9 Å². The number of methoxy groups -OCH3 is 1. The number of benzene rings is 1. The van der Waals surface area contributed by atoms with Gasteiger partial charge in [0.1, 0.15) is 5.75 Å². The third kappa shape index (κ3) is 6.30. The Morgan fingerprint density at radius 1 is 1.13 bits per heavy atom. The first-order chi connectivity index (χ1) is 11.2. The molecule has 0 bridgehead atoms. The highest BCUT2D eigenvalue weighted by Gasteiger charge is 2.14. The topological polar surface area (TPSA) is 64.6 Å². The van der Waals surface area contributed by atoms with Crippen molar-refractivity contribution in [3.05, 3.63) is 24.3 Å². The van der Waals surface area contributed by atoms with Crippen molar-refractivity contribution in [1.29, 1.82) is 0 Å². The van der Waals surface area contributed by atoms with Gasteiger partial charge in [-0.15, -0.1) is 0 Å². The van der Waals surface area contributed by atoms with Crippen molar-refractivity contribution in [3.63, 3.8) is 0 Å². The molecule has 0 aliphatic heterocycles. The molecule has 1 saturated carbocycles. The zero-order valence-corrected chi connectivity index (χ0v) is 13.7. The second kappa shape index (κ2) is 9.18. The van der Waals surface area contributed by atoms with Gasteiger partial charge in [0.15, 0.2) is 6.61 Å². The SMILES string of the molecule is COC(=O)COc1ccc(NC(=O)CCC2CCCCC2)cc1. The molecule has 5 nitrogen and oxygen atoms in total. The van der Waals surface area contributed by atoms with Crippen LogP contribution in [-0.2, 0) is 14.3 Å². The van der Waals surface area contributed by atoms with Gasteiger partial charge in [-0.1, -0.05) is 32.1 Å². The van der Waals surface area contributed by atoms with E-state index in [9.17, 15) is 9.59 Å². The van der Waals surface area contributed by atoms with Crippen LogP contribution in [0.15, 0.2) is 24.3 Å². The second-order valence-corrected chi connectivity index (χ2v) is 5.98. The Morgan fingerprint density at radius 3 is 2.48 bits per heavy atom. The lowest BCUT2D eigenvalue weighted by atomic mass is 9.86. The van der Waals surface area contributed by atoms with Crippen LogP contribution in [-0.4, -0.2) is 25.6 Å². The van der Waals surface area contributed by atoms with E-state index < -0.39 is 5.97 Å². The maximum Gasteiger partial charge on any atom is 0.343 e. The Bertz CT molecular complexity index is 506. The number of hydrogen-bond donors (Lipinski definition) is 1. The fraction of sp³-hybridized carbons (Fsp3) is 0.556. The molecule has 0 atom stereocenters. The smallest absolute Gasteiger partial charge is 0.343 e. The summed E-state index contributed by atoms with van der Waals surface area (Å²) in [5.41, 5.74) is 0.740. The number of carbonyl (C=O) groups is 2. The van der Waals surface area contributed by atoms with Crippen molar-refractivity contribution in [2.24, 2.45) is 5.92 Å². The molecule has 126 valence electrons. The molecule has 0 aromatic heterocycles. The monoisotopic (exact) mass is 319 g/mol. The van der Waals surface area contributed by atoms with Gasteiger partial charge in [0.2, 0.25) is 5.91 Å². The van der Waals surface area contributed by atoms with Gasteiger partial charge >= 0.3 is 5.97 Å². The van der Waals surface area contributed by atoms with Crippen LogP contribution in [0.25, 0.3) is 0 Å². The molecule has 0 heterocycles. The molecular weight excluding hydrogens is 294 g/mol. The lowest BCUT2D eigenvalue weighted by molar-refractivity contribution is -0.142. The van der Waals surface area contributed by atoms with Gasteiger partial charge in [-0.3, -0.25) is 4.79 Å². The Kier molecular flexibility index (Phi) is 6.91. The van der Waals surface area contributed by atoms with Crippen LogP contribution >= 0.6 is 0 Å². The minimum atomic E-state index is -0.426. The van der Waals surface area contributed by atoms with Crippen LogP contribution in [0.3, 0.4) is 0 Å². The Morgan fingerprint density at radius 2 is 1.83 bits per heavy atom. The first kappa shape index (κ1) is 17.3. The molecular formula is C18H25NO4. The summed E-state index contributed by atoms with van der Waals surface area (Å²) in [6, 6.07) is 6.98. The van der Waals surface area contributed by atoms with Gasteiger partial charge < -0.3 is 14.8 Å². The fourth-order valence-corrected chi connectivity index (χ4v) is 2.87. The zero-order valence-electron chi connectivity index (χ0n) is 13.7. The molecule has 0 spiro atoms. The molecule has 23 heavy (non-hydrogen) atoms. The predicted octanol–water partition coefficient (Wildman–Crippen LogP) is 3.54. The number of nitrogens with one attached hydrogen (secondary N) is 1. The van der Waals surface area contributed by atoms with Crippen LogP contribution < -0.4 is 10.1 Å². The highest BCUT2D eigenvalue weighted by atomic mass is 16.6. The molecule has 1 aromatic carbocycles. The van der Waals surface area contributed by atoms with Gasteiger partial charge in [-0.25, -0.2) is 4.79 Å². The fourth-order valence-electron chi connectivity index (χ4n) is 2.87. The summed E-state index contributed by atoms with van der Waals surface area (Å²) in [4.78, 5) is 23.0. The third-order valence-electron chi connectivity index (χ3n) is 4.23. The maximum atomic E-state index is 12.0. The van der Waals surface area contributed by atoms with E-state index in [-0.39, 0.29) is 12.5 Å². The van der Waals surface area contributed by atoms with Crippen molar-refractivity contribution < 1.29 is 19.1 Å². The molecule has 1 fully saturated rings.